The Balaban J connectivity index is 0.000000157. The summed E-state index contributed by atoms with van der Waals surface area (Å²) < 4.78 is 17.2. The highest BCUT2D eigenvalue weighted by atomic mass is 16.5. The van der Waals surface area contributed by atoms with Crippen LogP contribution in [0.5, 0.6) is 18.0 Å². The molecule has 2 atom stereocenters. The molecule has 0 radical (unpaired) electrons. The molecule has 0 spiro atoms. The summed E-state index contributed by atoms with van der Waals surface area (Å²) in [5.41, 5.74) is 29.6. The van der Waals surface area contributed by atoms with Gasteiger partial charge in [0.25, 0.3) is 0 Å². The second-order valence-electron chi connectivity index (χ2n) is 26.9. The molecule has 9 heterocycles. The van der Waals surface area contributed by atoms with Gasteiger partial charge in [0.15, 0.2) is 11.6 Å². The van der Waals surface area contributed by atoms with Crippen molar-refractivity contribution in [1.29, 1.82) is 0 Å². The van der Waals surface area contributed by atoms with E-state index in [2.05, 4.69) is 159 Å². The van der Waals surface area contributed by atoms with Crippen LogP contribution in [-0.4, -0.2) is 141 Å². The van der Waals surface area contributed by atoms with Crippen molar-refractivity contribution in [3.63, 3.8) is 0 Å². The highest BCUT2D eigenvalue weighted by Gasteiger charge is 2.34. The lowest BCUT2D eigenvalue weighted by atomic mass is 9.93. The molecule has 0 amide bonds. The van der Waals surface area contributed by atoms with Gasteiger partial charge in [0.1, 0.15) is 40.7 Å². The number of carbonyl (C=O) groups is 3. The van der Waals surface area contributed by atoms with Gasteiger partial charge >= 0.3 is 18.0 Å². The molecule has 6 aliphatic heterocycles. The van der Waals surface area contributed by atoms with Gasteiger partial charge in [-0.3, -0.25) is 29.1 Å². The zero-order valence-electron chi connectivity index (χ0n) is 57.8. The number of benzene rings is 3. The molecule has 6 N–H and O–H groups in total. The maximum Gasteiger partial charge on any atom is 0.320 e. The first kappa shape index (κ1) is 70.5. The number of aromatic nitrogens is 6. The minimum atomic E-state index is -0.0124. The van der Waals surface area contributed by atoms with Crippen molar-refractivity contribution in [2.45, 2.75) is 176 Å². The van der Waals surface area contributed by atoms with Gasteiger partial charge in [-0.1, -0.05) is 125 Å². The van der Waals surface area contributed by atoms with Crippen molar-refractivity contribution in [1.82, 2.24) is 44.6 Å². The van der Waals surface area contributed by atoms with Crippen LogP contribution < -0.4 is 46.1 Å². The van der Waals surface area contributed by atoms with Crippen LogP contribution in [0.1, 0.15) is 181 Å². The summed E-state index contributed by atoms with van der Waals surface area (Å²) in [6, 6.07) is 27.2. The Morgan fingerprint density at radius 2 is 0.938 bits per heavy atom. The van der Waals surface area contributed by atoms with E-state index in [1.165, 1.54) is 74.1 Å². The number of piperidine rings is 1. The quantitative estimate of drug-likeness (QED) is 0.0356. The van der Waals surface area contributed by atoms with Gasteiger partial charge in [0.05, 0.1) is 45.0 Å². The second kappa shape index (κ2) is 34.1. The Hall–Kier alpha value is -8.27. The zero-order valence-corrected chi connectivity index (χ0v) is 57.8. The first-order valence-corrected chi connectivity index (χ1v) is 35.3. The molecule has 514 valence electrons. The predicted octanol–water partition coefficient (Wildman–Crippen LogP) is 11.2. The number of fused-ring (bicyclic) bond motifs is 3. The van der Waals surface area contributed by atoms with Crippen molar-refractivity contribution < 1.29 is 28.6 Å². The lowest BCUT2D eigenvalue weighted by Crippen LogP contribution is -2.39. The summed E-state index contributed by atoms with van der Waals surface area (Å²) in [5, 5.41) is 0. The first-order valence-electron chi connectivity index (χ1n) is 35.3. The summed E-state index contributed by atoms with van der Waals surface area (Å²) in [7, 11) is 0. The molecule has 0 aliphatic carbocycles. The van der Waals surface area contributed by atoms with Crippen LogP contribution in [0, 0.1) is 5.92 Å². The SMILES string of the molecule is C=C1Cc2c(N)nc(OCCCC)nc2N(C(C)c2cccc(CN3CCCC3)c2)C1.CCCCOc1nc(N)c2c(n1)N(C(C)c1ccc(CN3CCCC3)cc1)CC(=O)C2.CCCCOc1nc(N)c2c(n1)N(Cc1cccc(CN3CCC(C(C)=O)CC3)c1)CC(=O)C2. The number of anilines is 6. The Kier molecular flexibility index (Phi) is 25.0. The third kappa shape index (κ3) is 18.8. The van der Waals surface area contributed by atoms with Gasteiger partial charge in [0, 0.05) is 74.6 Å². The van der Waals surface area contributed by atoms with Crippen molar-refractivity contribution in [3.8, 4) is 18.0 Å². The second-order valence-corrected chi connectivity index (χ2v) is 26.9. The highest BCUT2D eigenvalue weighted by molar-refractivity contribution is 5.92. The van der Waals surface area contributed by atoms with E-state index >= 15 is 0 Å². The molecule has 3 aromatic heterocycles. The van der Waals surface area contributed by atoms with Crippen LogP contribution in [0.3, 0.4) is 0 Å². The van der Waals surface area contributed by atoms with Crippen LogP contribution in [0.15, 0.2) is 84.9 Å². The molecule has 3 fully saturated rings. The predicted molar refractivity (Wildman–Crippen MR) is 380 cm³/mol. The molecule has 6 aromatic rings. The van der Waals surface area contributed by atoms with Crippen LogP contribution in [0.25, 0.3) is 0 Å². The molecule has 96 heavy (non-hydrogen) atoms. The van der Waals surface area contributed by atoms with Crippen LogP contribution in [-0.2, 0) is 59.8 Å². The van der Waals surface area contributed by atoms with E-state index in [0.29, 0.717) is 97.9 Å². The molecule has 0 bridgehead atoms. The van der Waals surface area contributed by atoms with Gasteiger partial charge in [0.2, 0.25) is 0 Å². The molecular weight excluding hydrogens is 1210 g/mol. The average molecular weight is 1310 g/mol. The summed E-state index contributed by atoms with van der Waals surface area (Å²) in [5.74, 6) is 4.18. The number of rotatable bonds is 25. The van der Waals surface area contributed by atoms with Gasteiger partial charge in [-0.2, -0.15) is 29.9 Å². The molecule has 12 rings (SSSR count). The number of nitrogens with zero attached hydrogens (tertiary/aromatic N) is 12. The van der Waals surface area contributed by atoms with Crippen molar-refractivity contribution in [2.75, 3.05) is 111 Å². The highest BCUT2D eigenvalue weighted by Crippen LogP contribution is 2.39. The molecular formula is C75H103N15O6. The molecule has 6 aliphatic rings. The van der Waals surface area contributed by atoms with E-state index in [1.807, 2.05) is 9.80 Å². The smallest absolute Gasteiger partial charge is 0.320 e. The van der Waals surface area contributed by atoms with E-state index in [1.54, 1.807) is 6.92 Å². The Morgan fingerprint density at radius 3 is 1.46 bits per heavy atom. The largest absolute Gasteiger partial charge is 0.463 e. The number of Topliss-reactive ketones (excluding diaryl/α,β-unsaturated/α-hetero) is 3. The number of likely N-dealkylation sites (tertiary alicyclic amines) is 3. The number of nitrogen functional groups attached to an aromatic ring is 3. The molecule has 21 nitrogen and oxygen atoms in total. The third-order valence-electron chi connectivity index (χ3n) is 19.3. The van der Waals surface area contributed by atoms with E-state index in [0.717, 1.165) is 119 Å². The molecule has 3 aromatic carbocycles. The number of unbranched alkanes of at least 4 members (excludes halogenated alkanes) is 3. The Labute approximate surface area is 568 Å². The number of hydrogen-bond acceptors (Lipinski definition) is 21. The minimum Gasteiger partial charge on any atom is -0.463 e. The summed E-state index contributed by atoms with van der Waals surface area (Å²) >= 11 is 0. The molecule has 21 heteroatoms. The van der Waals surface area contributed by atoms with Crippen molar-refractivity contribution >= 4 is 52.3 Å². The standard InChI is InChI=1S/C26H35N5O3.C25H35N5O.C24H33N5O2/c1-3-4-12-34-26-28-24(27)23-14-22(33)17-31(25(23)29-26)16-20-7-5-6-19(13-20)15-30-10-8-21(9-11-30)18(2)32;1-4-5-13-31-25-27-23(26)22-14-18(2)16-30(24(22)28-25)19(3)21-10-8-9-20(15-21)17-29-11-6-7-12-29;1-3-4-13-31-24-26-22(25)21-14-20(30)16-29(23(21)27-24)17(2)19-9-7-18(8-10-19)15-28-11-5-6-12-28/h5-7,13,21H,3-4,8-12,14-17H2,1-2H3,(H2,27,28,29);8-10,15,19H,2,4-7,11-14,16-17H2,1,3H3,(H2,26,27,28);7-10,17H,3-6,11-16H2,1-2H3,(H2,25,26,27). The Morgan fingerprint density at radius 1 is 0.510 bits per heavy atom. The maximum absolute atomic E-state index is 12.5. The van der Waals surface area contributed by atoms with Crippen LogP contribution >= 0.6 is 0 Å². The van der Waals surface area contributed by atoms with E-state index in [-0.39, 0.29) is 54.4 Å². The van der Waals surface area contributed by atoms with Gasteiger partial charge in [-0.05, 0) is 151 Å². The van der Waals surface area contributed by atoms with Crippen LogP contribution in [0.2, 0.25) is 0 Å². The van der Waals surface area contributed by atoms with Crippen LogP contribution in [0.4, 0.5) is 34.9 Å². The summed E-state index contributed by atoms with van der Waals surface area (Å²) in [4.78, 5) is 77.3. The molecule has 0 saturated carbocycles. The molecule has 2 unspecified atom stereocenters. The summed E-state index contributed by atoms with van der Waals surface area (Å²) in [6.07, 6.45) is 14.3. The Bertz CT molecular complexity index is 3600. The topological polar surface area (TPSA) is 254 Å². The number of hydrogen-bond donors (Lipinski definition) is 3. The van der Waals surface area contributed by atoms with Gasteiger partial charge in [-0.15, -0.1) is 0 Å². The first-order chi connectivity index (χ1) is 46.5. The van der Waals surface area contributed by atoms with Crippen molar-refractivity contribution in [2.24, 2.45) is 5.92 Å². The summed E-state index contributed by atoms with van der Waals surface area (Å²) in [6.45, 7) is 29.8. The number of ether oxygens (including phenoxy) is 3. The number of carbonyl (C=O) groups excluding carboxylic acids is 3. The average Bonchev–Trinajstić information content (AvgIpc) is 0.985. The monoisotopic (exact) mass is 1310 g/mol. The minimum absolute atomic E-state index is 0.0124. The van der Waals surface area contributed by atoms with E-state index in [4.69, 9.17) is 36.4 Å². The number of nitrogens with two attached hydrogens (primary N) is 3. The van der Waals surface area contributed by atoms with E-state index in [9.17, 15) is 14.4 Å². The third-order valence-corrected chi connectivity index (χ3v) is 19.3. The lowest BCUT2D eigenvalue weighted by Gasteiger charge is -2.36. The normalized spacial score (nSPS) is 17.4. The molecule has 3 saturated heterocycles. The lowest BCUT2D eigenvalue weighted by molar-refractivity contribution is -0.122. The van der Waals surface area contributed by atoms with Crippen molar-refractivity contribution in [3.05, 3.63) is 135 Å². The number of ketones is 3. The van der Waals surface area contributed by atoms with Gasteiger partial charge in [-0.25, -0.2) is 0 Å². The van der Waals surface area contributed by atoms with E-state index < -0.39 is 0 Å². The zero-order chi connectivity index (χ0) is 67.7. The fourth-order valence-corrected chi connectivity index (χ4v) is 13.6. The maximum atomic E-state index is 12.5. The van der Waals surface area contributed by atoms with Gasteiger partial charge < -0.3 is 46.1 Å². The fraction of sp³-hybridized carbons (Fsp3) is 0.533. The fourth-order valence-electron chi connectivity index (χ4n) is 13.6.